The van der Waals surface area contributed by atoms with Crippen LogP contribution in [0, 0.1) is 0 Å². The number of carbonyl (C=O) groups is 1. The highest BCUT2D eigenvalue weighted by molar-refractivity contribution is 7.13. The summed E-state index contributed by atoms with van der Waals surface area (Å²) in [5.74, 6) is 0.0906. The van der Waals surface area contributed by atoms with E-state index in [9.17, 15) is 4.79 Å². The number of hydrogen-bond donors (Lipinski definition) is 0. The third kappa shape index (κ3) is 2.86. The van der Waals surface area contributed by atoms with E-state index in [1.807, 2.05) is 22.4 Å². The van der Waals surface area contributed by atoms with Crippen molar-refractivity contribution in [1.29, 1.82) is 0 Å². The molecule has 25 heavy (non-hydrogen) atoms. The van der Waals surface area contributed by atoms with Crippen LogP contribution < -0.4 is 0 Å². The molecule has 0 saturated carbocycles. The van der Waals surface area contributed by atoms with E-state index in [1.165, 1.54) is 17.3 Å². The molecule has 0 bridgehead atoms. The Labute approximate surface area is 152 Å². The van der Waals surface area contributed by atoms with Gasteiger partial charge in [-0.3, -0.25) is 4.79 Å². The topological polar surface area (TPSA) is 38.1 Å². The fraction of sp³-hybridized carbons (Fsp3) is 0.400. The summed E-state index contributed by atoms with van der Waals surface area (Å²) in [6, 6.07) is 10.8. The van der Waals surface area contributed by atoms with Crippen LogP contribution >= 0.6 is 11.3 Å². The zero-order valence-corrected chi connectivity index (χ0v) is 15.6. The number of thiazole rings is 1. The summed E-state index contributed by atoms with van der Waals surface area (Å²) in [4.78, 5) is 19.7. The van der Waals surface area contributed by atoms with Gasteiger partial charge in [-0.05, 0) is 37.8 Å². The number of piperidine rings is 1. The Morgan fingerprint density at radius 2 is 2.16 bits per heavy atom. The third-order valence-corrected chi connectivity index (χ3v) is 6.12. The van der Waals surface area contributed by atoms with E-state index >= 15 is 0 Å². The molecule has 4 rings (SSSR count). The Kier molecular flexibility index (Phi) is 4.34. The first-order chi connectivity index (χ1) is 12.2. The molecule has 1 aliphatic heterocycles. The Morgan fingerprint density at radius 1 is 1.32 bits per heavy atom. The Morgan fingerprint density at radius 3 is 2.96 bits per heavy atom. The number of likely N-dealkylation sites (tertiary alicyclic amines) is 1. The van der Waals surface area contributed by atoms with Gasteiger partial charge in [-0.2, -0.15) is 0 Å². The minimum Gasteiger partial charge on any atom is -0.342 e. The molecule has 3 aromatic rings. The zero-order chi connectivity index (χ0) is 17.4. The number of aryl methyl sites for hydroxylation is 1. The molecule has 4 nitrogen and oxygen atoms in total. The maximum absolute atomic E-state index is 12.9. The van der Waals surface area contributed by atoms with Gasteiger partial charge in [0.15, 0.2) is 0 Å². The van der Waals surface area contributed by atoms with Crippen molar-refractivity contribution in [3.63, 3.8) is 0 Å². The maximum Gasteiger partial charge on any atom is 0.273 e. The smallest absolute Gasteiger partial charge is 0.273 e. The van der Waals surface area contributed by atoms with Crippen LogP contribution in [-0.2, 0) is 7.05 Å². The quantitative estimate of drug-likeness (QED) is 0.684. The average molecular weight is 353 g/mol. The van der Waals surface area contributed by atoms with Gasteiger partial charge in [0.1, 0.15) is 10.7 Å². The van der Waals surface area contributed by atoms with E-state index in [-0.39, 0.29) is 5.91 Å². The van der Waals surface area contributed by atoms with Crippen LogP contribution in [0.5, 0.6) is 0 Å². The van der Waals surface area contributed by atoms with Crippen LogP contribution in [0.3, 0.4) is 0 Å². The Hall–Kier alpha value is -2.14. The molecular formula is C20H23N3OS. The summed E-state index contributed by atoms with van der Waals surface area (Å²) in [5, 5.41) is 4.02. The van der Waals surface area contributed by atoms with E-state index in [0.29, 0.717) is 11.7 Å². The highest BCUT2D eigenvalue weighted by Gasteiger charge is 2.28. The summed E-state index contributed by atoms with van der Waals surface area (Å²) >= 11 is 1.55. The molecule has 0 aliphatic carbocycles. The predicted molar refractivity (Wildman–Crippen MR) is 103 cm³/mol. The third-order valence-electron chi connectivity index (χ3n) is 5.25. The molecule has 1 unspecified atom stereocenters. The number of carbonyl (C=O) groups excluding carboxylic acids is 1. The number of aromatic nitrogens is 2. The van der Waals surface area contributed by atoms with Gasteiger partial charge in [-0.25, -0.2) is 4.98 Å². The second-order valence-corrected chi connectivity index (χ2v) is 7.60. The number of nitrogens with zero attached hydrogens (tertiary/aromatic N) is 3. The van der Waals surface area contributed by atoms with E-state index in [1.54, 1.807) is 11.3 Å². The zero-order valence-electron chi connectivity index (χ0n) is 14.7. The minimum atomic E-state index is 0.0906. The first-order valence-electron chi connectivity index (χ1n) is 9.00. The Balaban J connectivity index is 1.65. The van der Waals surface area contributed by atoms with Crippen molar-refractivity contribution in [3.8, 4) is 10.7 Å². The van der Waals surface area contributed by atoms with Gasteiger partial charge in [0.2, 0.25) is 0 Å². The average Bonchev–Trinajstić information content (AvgIpc) is 3.26. The van der Waals surface area contributed by atoms with Gasteiger partial charge >= 0.3 is 0 Å². The van der Waals surface area contributed by atoms with Crippen LogP contribution in [0.1, 0.15) is 43.1 Å². The number of amides is 1. The predicted octanol–water partition coefficient (Wildman–Crippen LogP) is 4.71. The van der Waals surface area contributed by atoms with Crippen molar-refractivity contribution in [2.75, 3.05) is 6.54 Å². The van der Waals surface area contributed by atoms with Crippen molar-refractivity contribution in [1.82, 2.24) is 14.5 Å². The first kappa shape index (κ1) is 16.3. The lowest BCUT2D eigenvalue weighted by Gasteiger charge is -2.34. The van der Waals surface area contributed by atoms with E-state index in [0.717, 1.165) is 36.5 Å². The second-order valence-electron chi connectivity index (χ2n) is 6.74. The van der Waals surface area contributed by atoms with Crippen molar-refractivity contribution < 1.29 is 4.79 Å². The SMILES string of the molecule is CCC1CCCCN1C(=O)c1csc(-c2cc3ccccc3n2C)n1. The lowest BCUT2D eigenvalue weighted by Crippen LogP contribution is -2.43. The van der Waals surface area contributed by atoms with Gasteiger partial charge < -0.3 is 9.47 Å². The highest BCUT2D eigenvalue weighted by Crippen LogP contribution is 2.30. The van der Waals surface area contributed by atoms with Crippen molar-refractivity contribution in [2.24, 2.45) is 7.05 Å². The van der Waals surface area contributed by atoms with E-state index < -0.39 is 0 Å². The summed E-state index contributed by atoms with van der Waals surface area (Å²) in [7, 11) is 2.05. The maximum atomic E-state index is 12.9. The molecule has 1 fully saturated rings. The standard InChI is InChI=1S/C20H23N3OS/c1-3-15-9-6-7-11-23(15)20(24)16-13-25-19(21-16)18-12-14-8-4-5-10-17(14)22(18)2/h4-5,8,10,12-13,15H,3,6-7,9,11H2,1-2H3. The van der Waals surface area contributed by atoms with Crippen molar-refractivity contribution in [3.05, 3.63) is 41.4 Å². The lowest BCUT2D eigenvalue weighted by molar-refractivity contribution is 0.0603. The molecule has 5 heteroatoms. The molecule has 0 N–H and O–H groups in total. The molecule has 1 aromatic carbocycles. The molecule has 2 aromatic heterocycles. The van der Waals surface area contributed by atoms with Gasteiger partial charge in [-0.15, -0.1) is 11.3 Å². The van der Waals surface area contributed by atoms with Crippen LogP contribution in [0.25, 0.3) is 21.6 Å². The monoisotopic (exact) mass is 353 g/mol. The summed E-state index contributed by atoms with van der Waals surface area (Å²) in [6.07, 6.45) is 4.46. The molecule has 0 spiro atoms. The number of benzene rings is 1. The molecule has 1 atom stereocenters. The van der Waals surface area contributed by atoms with E-state index in [2.05, 4.69) is 41.7 Å². The number of rotatable bonds is 3. The van der Waals surface area contributed by atoms with E-state index in [4.69, 9.17) is 0 Å². The largest absolute Gasteiger partial charge is 0.342 e. The van der Waals surface area contributed by atoms with Gasteiger partial charge in [0, 0.05) is 35.9 Å². The molecule has 3 heterocycles. The fourth-order valence-corrected chi connectivity index (χ4v) is 4.67. The highest BCUT2D eigenvalue weighted by atomic mass is 32.1. The second kappa shape index (κ2) is 6.64. The van der Waals surface area contributed by atoms with Gasteiger partial charge in [0.05, 0.1) is 5.69 Å². The first-order valence-corrected chi connectivity index (χ1v) is 9.88. The van der Waals surface area contributed by atoms with Crippen LogP contribution in [0.4, 0.5) is 0 Å². The molecular weight excluding hydrogens is 330 g/mol. The number of para-hydroxylation sites is 1. The summed E-state index contributed by atoms with van der Waals surface area (Å²) < 4.78 is 2.15. The van der Waals surface area contributed by atoms with Crippen molar-refractivity contribution >= 4 is 28.1 Å². The molecule has 1 saturated heterocycles. The molecule has 130 valence electrons. The number of fused-ring (bicyclic) bond motifs is 1. The van der Waals surface area contributed by atoms with Crippen LogP contribution in [0.2, 0.25) is 0 Å². The summed E-state index contributed by atoms with van der Waals surface area (Å²) in [6.45, 7) is 3.02. The summed E-state index contributed by atoms with van der Waals surface area (Å²) in [5.41, 5.74) is 2.84. The fourth-order valence-electron chi connectivity index (χ4n) is 3.82. The van der Waals surface area contributed by atoms with Crippen molar-refractivity contribution in [2.45, 2.75) is 38.6 Å². The van der Waals surface area contributed by atoms with Gasteiger partial charge in [0.25, 0.3) is 5.91 Å². The molecule has 0 radical (unpaired) electrons. The normalized spacial score (nSPS) is 18.0. The van der Waals surface area contributed by atoms with Crippen LogP contribution in [-0.4, -0.2) is 32.9 Å². The molecule has 1 amide bonds. The lowest BCUT2D eigenvalue weighted by atomic mass is 10.00. The van der Waals surface area contributed by atoms with Crippen LogP contribution in [0.15, 0.2) is 35.7 Å². The minimum absolute atomic E-state index is 0.0906. The van der Waals surface area contributed by atoms with Gasteiger partial charge in [-0.1, -0.05) is 25.1 Å². The Bertz CT molecular complexity index is 911. The molecule has 1 aliphatic rings. The number of hydrogen-bond acceptors (Lipinski definition) is 3.